The molecule has 0 aromatic heterocycles. The largest absolute Gasteiger partial charge is 0.472 e. The molecule has 19 heteroatoms. The van der Waals surface area contributed by atoms with Gasteiger partial charge in [-0.3, -0.25) is 37.3 Å². The second kappa shape index (κ2) is 75.5. The van der Waals surface area contributed by atoms with E-state index in [0.29, 0.717) is 25.7 Å². The maximum Gasteiger partial charge on any atom is 0.472 e. The summed E-state index contributed by atoms with van der Waals surface area (Å²) in [5.74, 6) is -0.500. The molecule has 103 heavy (non-hydrogen) atoms. The van der Waals surface area contributed by atoms with Gasteiger partial charge in [-0.2, -0.15) is 0 Å². The van der Waals surface area contributed by atoms with Crippen molar-refractivity contribution < 1.29 is 80.2 Å². The molecule has 0 aliphatic heterocycles. The van der Waals surface area contributed by atoms with Gasteiger partial charge >= 0.3 is 39.5 Å². The van der Waals surface area contributed by atoms with Crippen molar-refractivity contribution in [3.63, 3.8) is 0 Å². The smallest absolute Gasteiger partial charge is 0.462 e. The van der Waals surface area contributed by atoms with Crippen LogP contribution in [0.4, 0.5) is 0 Å². The van der Waals surface area contributed by atoms with Gasteiger partial charge in [0.25, 0.3) is 0 Å². The maximum absolute atomic E-state index is 13.1. The first kappa shape index (κ1) is 101. The minimum atomic E-state index is -4.96. The molecule has 0 heterocycles. The van der Waals surface area contributed by atoms with Crippen molar-refractivity contribution in [2.75, 3.05) is 39.6 Å². The Labute approximate surface area is 632 Å². The Balaban J connectivity index is 5.17. The van der Waals surface area contributed by atoms with Gasteiger partial charge in [0.05, 0.1) is 26.4 Å². The number of phosphoric acid groups is 2. The second-order valence-corrected chi connectivity index (χ2v) is 34.1. The zero-order chi connectivity index (χ0) is 75.6. The van der Waals surface area contributed by atoms with Crippen LogP contribution in [0.15, 0.2) is 0 Å². The lowest BCUT2D eigenvalue weighted by molar-refractivity contribution is -0.161. The predicted molar refractivity (Wildman–Crippen MR) is 423 cm³/mol. The Morgan fingerprint density at radius 2 is 0.447 bits per heavy atom. The summed E-state index contributed by atoms with van der Waals surface area (Å²) in [6.07, 6.45) is 66.8. The molecule has 0 saturated heterocycles. The lowest BCUT2D eigenvalue weighted by Crippen LogP contribution is -2.30. The lowest BCUT2D eigenvalue weighted by Gasteiger charge is -2.21. The second-order valence-electron chi connectivity index (χ2n) is 31.2. The third-order valence-corrected chi connectivity index (χ3v) is 21.6. The minimum Gasteiger partial charge on any atom is -0.462 e. The van der Waals surface area contributed by atoms with E-state index < -0.39 is 97.5 Å². The van der Waals surface area contributed by atoms with Gasteiger partial charge in [-0.25, -0.2) is 9.13 Å². The number of rotatable bonds is 83. The highest BCUT2D eigenvalue weighted by Crippen LogP contribution is 2.45. The zero-order valence-corrected chi connectivity index (χ0v) is 69.4. The van der Waals surface area contributed by atoms with Crippen molar-refractivity contribution in [1.82, 2.24) is 0 Å². The molecular formula is C84H164O17P2. The number of esters is 4. The molecule has 0 aromatic rings. The van der Waals surface area contributed by atoms with Crippen molar-refractivity contribution >= 4 is 39.5 Å². The van der Waals surface area contributed by atoms with Crippen molar-refractivity contribution in [1.29, 1.82) is 0 Å². The number of aliphatic hydroxyl groups excluding tert-OH is 1. The SMILES string of the molecule is CCCCCCCCCCCCCCCCCCCCCCC(=O)O[C@H](COC(=O)CCCCCCCCCCCCCCCCCC(C)C)COP(=O)(O)OC[C@@H](O)COP(=O)(O)OC[C@@H](COC(=O)CCCCCCCCC)OC(=O)CCCCCCCCCCCCCCCCCC(C)C. The van der Waals surface area contributed by atoms with Gasteiger partial charge in [0.2, 0.25) is 0 Å². The van der Waals surface area contributed by atoms with Gasteiger partial charge in [0.1, 0.15) is 19.3 Å². The molecule has 612 valence electrons. The normalized spacial score (nSPS) is 13.9. The fraction of sp³-hybridized carbons (Fsp3) is 0.952. The summed E-state index contributed by atoms with van der Waals surface area (Å²) in [6, 6.07) is 0. The van der Waals surface area contributed by atoms with Crippen LogP contribution < -0.4 is 0 Å². The summed E-state index contributed by atoms with van der Waals surface area (Å²) in [7, 11) is -9.92. The molecule has 5 atom stereocenters. The summed E-state index contributed by atoms with van der Waals surface area (Å²) in [6.45, 7) is 9.67. The monoisotopic (exact) mass is 1510 g/mol. The van der Waals surface area contributed by atoms with E-state index in [4.69, 9.17) is 37.0 Å². The van der Waals surface area contributed by atoms with E-state index in [-0.39, 0.29) is 25.7 Å². The van der Waals surface area contributed by atoms with Crippen molar-refractivity contribution in [3.8, 4) is 0 Å². The molecule has 0 aliphatic carbocycles. The number of hydrogen-bond donors (Lipinski definition) is 3. The highest BCUT2D eigenvalue weighted by atomic mass is 31.2. The van der Waals surface area contributed by atoms with Gasteiger partial charge in [0.15, 0.2) is 12.2 Å². The number of ether oxygens (including phenoxy) is 4. The Morgan fingerprint density at radius 3 is 0.660 bits per heavy atom. The van der Waals surface area contributed by atoms with E-state index in [0.717, 1.165) is 115 Å². The molecule has 0 radical (unpaired) electrons. The fourth-order valence-electron chi connectivity index (χ4n) is 13.1. The van der Waals surface area contributed by atoms with E-state index in [1.807, 2.05) is 0 Å². The van der Waals surface area contributed by atoms with Crippen LogP contribution in [0.2, 0.25) is 0 Å². The number of carbonyl (C=O) groups is 4. The molecule has 2 unspecified atom stereocenters. The van der Waals surface area contributed by atoms with Crippen LogP contribution in [0.1, 0.15) is 446 Å². The molecule has 0 spiro atoms. The molecular weight excluding hydrogens is 1340 g/mol. The quantitative estimate of drug-likeness (QED) is 0.0222. The minimum absolute atomic E-state index is 0.108. The number of phosphoric ester groups is 2. The third kappa shape index (κ3) is 78.0. The number of hydrogen-bond acceptors (Lipinski definition) is 15. The first-order valence-electron chi connectivity index (χ1n) is 43.5. The number of aliphatic hydroxyl groups is 1. The Kier molecular flexibility index (Phi) is 74.1. The average molecular weight is 1510 g/mol. The van der Waals surface area contributed by atoms with Crippen LogP contribution >= 0.6 is 15.6 Å². The first-order valence-corrected chi connectivity index (χ1v) is 46.5. The van der Waals surface area contributed by atoms with Crippen molar-refractivity contribution in [2.45, 2.75) is 464 Å². The van der Waals surface area contributed by atoms with Gasteiger partial charge in [-0.1, -0.05) is 395 Å². The summed E-state index contributed by atoms with van der Waals surface area (Å²) in [5, 5.41) is 10.6. The highest BCUT2D eigenvalue weighted by Gasteiger charge is 2.30. The highest BCUT2D eigenvalue weighted by molar-refractivity contribution is 7.47. The van der Waals surface area contributed by atoms with Gasteiger partial charge in [-0.15, -0.1) is 0 Å². The maximum atomic E-state index is 13.1. The van der Waals surface area contributed by atoms with Crippen LogP contribution in [0.5, 0.6) is 0 Å². The molecule has 0 saturated carbocycles. The molecule has 0 bridgehead atoms. The van der Waals surface area contributed by atoms with Crippen molar-refractivity contribution in [2.24, 2.45) is 11.8 Å². The molecule has 0 rings (SSSR count). The number of carbonyl (C=O) groups excluding carboxylic acids is 4. The molecule has 0 aromatic carbocycles. The Morgan fingerprint density at radius 1 is 0.262 bits per heavy atom. The van der Waals surface area contributed by atoms with Gasteiger partial charge in [0, 0.05) is 25.7 Å². The molecule has 3 N–H and O–H groups in total. The van der Waals surface area contributed by atoms with Crippen LogP contribution in [-0.4, -0.2) is 96.7 Å². The summed E-state index contributed by atoms with van der Waals surface area (Å²) < 4.78 is 68.7. The Hall–Kier alpha value is -1.94. The van der Waals surface area contributed by atoms with Crippen LogP contribution in [0.25, 0.3) is 0 Å². The third-order valence-electron chi connectivity index (χ3n) is 19.7. The van der Waals surface area contributed by atoms with Crippen molar-refractivity contribution in [3.05, 3.63) is 0 Å². The molecule has 0 fully saturated rings. The van der Waals surface area contributed by atoms with Gasteiger partial charge in [-0.05, 0) is 37.5 Å². The number of unbranched alkanes of at least 4 members (excludes halogenated alkanes) is 53. The first-order chi connectivity index (χ1) is 49.9. The molecule has 0 amide bonds. The zero-order valence-electron chi connectivity index (χ0n) is 67.6. The van der Waals surface area contributed by atoms with Gasteiger partial charge < -0.3 is 33.8 Å². The average Bonchev–Trinajstić information content (AvgIpc) is 0.933. The van der Waals surface area contributed by atoms with E-state index in [1.165, 1.54) is 250 Å². The van der Waals surface area contributed by atoms with Crippen LogP contribution in [0.3, 0.4) is 0 Å². The molecule has 17 nitrogen and oxygen atoms in total. The Bertz CT molecular complexity index is 1980. The van der Waals surface area contributed by atoms with Crippen LogP contribution in [0, 0.1) is 11.8 Å². The predicted octanol–water partition coefficient (Wildman–Crippen LogP) is 25.5. The van der Waals surface area contributed by atoms with E-state index in [9.17, 15) is 43.2 Å². The van der Waals surface area contributed by atoms with Crippen LogP contribution in [-0.2, 0) is 65.4 Å². The van der Waals surface area contributed by atoms with E-state index >= 15 is 0 Å². The molecule has 0 aliphatic rings. The van der Waals surface area contributed by atoms with E-state index in [1.54, 1.807) is 0 Å². The standard InChI is InChI=1S/C84H164O17P2/c1-7-9-11-13-15-16-17-18-19-20-21-22-23-28-34-39-44-50-56-62-69-84(89)101-80(73-95-82(87)67-61-55-49-43-38-33-29-24-26-31-36-41-47-52-58-64-76(3)4)75-99-103(92,93)97-71-78(85)70-96-102(90,91)98-74-79(72-94-81(86)66-60-54-46-14-12-10-8-2)100-83(88)68-63-57-51-45-40-35-30-25-27-32-37-42-48-53-59-65-77(5)6/h76-80,85H,7-75H2,1-6H3,(H,90,91)(H,92,93)/t78-,79+,80+/m0/s1. The summed E-state index contributed by atoms with van der Waals surface area (Å²) >= 11 is 0. The summed E-state index contributed by atoms with van der Waals surface area (Å²) in [5.41, 5.74) is 0. The topological polar surface area (TPSA) is 237 Å². The lowest BCUT2D eigenvalue weighted by atomic mass is 10.0. The summed E-state index contributed by atoms with van der Waals surface area (Å²) in [4.78, 5) is 73.0. The van der Waals surface area contributed by atoms with E-state index in [2.05, 4.69) is 41.5 Å². The fourth-order valence-corrected chi connectivity index (χ4v) is 14.6.